The molecule has 0 atom stereocenters. The molecule has 29 heavy (non-hydrogen) atoms. The standard InChI is InChI=1S/C23H17Cl2NO2S/c24-18-11-10-15(13-19(18)25)9-8-14-4-3-5-16(12-14)26-23(28)22-21(27)17-6-1-2-7-20(17)29-22/h1-7,10-13,27H,8-9H2,(H,26,28). The zero-order valence-electron chi connectivity index (χ0n) is 15.3. The van der Waals surface area contributed by atoms with Gasteiger partial charge in [-0.2, -0.15) is 0 Å². The molecule has 0 radical (unpaired) electrons. The molecule has 1 amide bonds. The van der Waals surface area contributed by atoms with Crippen molar-refractivity contribution < 1.29 is 9.90 Å². The Bertz CT molecular complexity index is 1200. The van der Waals surface area contributed by atoms with E-state index in [0.717, 1.165) is 28.7 Å². The van der Waals surface area contributed by atoms with Crippen molar-refractivity contribution in [3.63, 3.8) is 0 Å². The molecular weight excluding hydrogens is 425 g/mol. The molecule has 0 aliphatic heterocycles. The molecule has 0 aliphatic rings. The molecule has 0 spiro atoms. The molecule has 0 saturated heterocycles. The number of nitrogens with one attached hydrogen (secondary N) is 1. The van der Waals surface area contributed by atoms with Gasteiger partial charge in [0.05, 0.1) is 10.0 Å². The smallest absolute Gasteiger partial charge is 0.269 e. The van der Waals surface area contributed by atoms with E-state index < -0.39 is 0 Å². The van der Waals surface area contributed by atoms with Crippen LogP contribution in [0.3, 0.4) is 0 Å². The van der Waals surface area contributed by atoms with Crippen LogP contribution in [0.2, 0.25) is 10.0 Å². The molecule has 6 heteroatoms. The quantitative estimate of drug-likeness (QED) is 0.351. The van der Waals surface area contributed by atoms with Crippen molar-refractivity contribution in [3.8, 4) is 5.75 Å². The Morgan fingerprint density at radius 2 is 1.66 bits per heavy atom. The number of hydrogen-bond acceptors (Lipinski definition) is 3. The summed E-state index contributed by atoms with van der Waals surface area (Å²) in [5.74, 6) is -0.288. The number of amides is 1. The highest BCUT2D eigenvalue weighted by Gasteiger charge is 2.18. The Kier molecular flexibility index (Phi) is 5.76. The summed E-state index contributed by atoms with van der Waals surface area (Å²) in [5, 5.41) is 15.1. The lowest BCUT2D eigenvalue weighted by atomic mass is 10.0. The van der Waals surface area contributed by atoms with Crippen molar-refractivity contribution in [1.82, 2.24) is 0 Å². The Morgan fingerprint density at radius 3 is 2.41 bits per heavy atom. The van der Waals surface area contributed by atoms with Gasteiger partial charge in [-0.1, -0.05) is 53.5 Å². The second-order valence-electron chi connectivity index (χ2n) is 6.68. The first kappa shape index (κ1) is 19.8. The van der Waals surface area contributed by atoms with Crippen molar-refractivity contribution in [2.75, 3.05) is 5.32 Å². The minimum atomic E-state index is -0.315. The lowest BCUT2D eigenvalue weighted by Gasteiger charge is -2.08. The number of thiophene rings is 1. The molecule has 2 N–H and O–H groups in total. The van der Waals surface area contributed by atoms with Crippen molar-refractivity contribution in [2.24, 2.45) is 0 Å². The fourth-order valence-corrected chi connectivity index (χ4v) is 4.47. The minimum Gasteiger partial charge on any atom is -0.506 e. The van der Waals surface area contributed by atoms with Crippen LogP contribution in [-0.4, -0.2) is 11.0 Å². The van der Waals surface area contributed by atoms with Crippen LogP contribution in [0.4, 0.5) is 5.69 Å². The number of rotatable bonds is 5. The fraction of sp³-hybridized carbons (Fsp3) is 0.0870. The van der Waals surface area contributed by atoms with E-state index in [1.807, 2.05) is 60.7 Å². The van der Waals surface area contributed by atoms with E-state index in [1.54, 1.807) is 6.07 Å². The average molecular weight is 442 g/mol. The number of anilines is 1. The highest BCUT2D eigenvalue weighted by molar-refractivity contribution is 7.21. The van der Waals surface area contributed by atoms with Crippen molar-refractivity contribution in [1.29, 1.82) is 0 Å². The van der Waals surface area contributed by atoms with Crippen LogP contribution in [-0.2, 0) is 12.8 Å². The van der Waals surface area contributed by atoms with E-state index in [2.05, 4.69) is 5.32 Å². The summed E-state index contributed by atoms with van der Waals surface area (Å²) in [7, 11) is 0. The third kappa shape index (κ3) is 4.40. The number of aryl methyl sites for hydroxylation is 2. The van der Waals surface area contributed by atoms with Crippen molar-refractivity contribution >= 4 is 56.2 Å². The number of aromatic hydroxyl groups is 1. The van der Waals surface area contributed by atoms with Gasteiger partial charge in [-0.05, 0) is 60.4 Å². The van der Waals surface area contributed by atoms with Gasteiger partial charge in [-0.25, -0.2) is 0 Å². The first-order valence-corrected chi connectivity index (χ1v) is 10.6. The van der Waals surface area contributed by atoms with Crippen LogP contribution >= 0.6 is 34.5 Å². The summed E-state index contributed by atoms with van der Waals surface area (Å²) in [4.78, 5) is 13.0. The lowest BCUT2D eigenvalue weighted by Crippen LogP contribution is -2.10. The molecule has 0 aliphatic carbocycles. The molecular formula is C23H17Cl2NO2S. The van der Waals surface area contributed by atoms with E-state index in [0.29, 0.717) is 26.0 Å². The van der Waals surface area contributed by atoms with E-state index in [9.17, 15) is 9.90 Å². The zero-order chi connectivity index (χ0) is 20.4. The van der Waals surface area contributed by atoms with Crippen LogP contribution < -0.4 is 5.32 Å². The maximum absolute atomic E-state index is 12.7. The Labute approximate surface area is 182 Å². The number of fused-ring (bicyclic) bond motifs is 1. The fourth-order valence-electron chi connectivity index (χ4n) is 3.16. The molecule has 146 valence electrons. The van der Waals surface area contributed by atoms with Crippen LogP contribution in [0.15, 0.2) is 66.7 Å². The number of carbonyl (C=O) groups is 1. The highest BCUT2D eigenvalue weighted by Crippen LogP contribution is 2.37. The molecule has 1 aromatic heterocycles. The van der Waals surface area contributed by atoms with Gasteiger partial charge in [0.2, 0.25) is 0 Å². The SMILES string of the molecule is O=C(Nc1cccc(CCc2ccc(Cl)c(Cl)c2)c1)c1sc2ccccc2c1O. The maximum Gasteiger partial charge on any atom is 0.269 e. The monoisotopic (exact) mass is 441 g/mol. The van der Waals surface area contributed by atoms with Gasteiger partial charge in [-0.15, -0.1) is 11.3 Å². The van der Waals surface area contributed by atoms with Crippen molar-refractivity contribution in [2.45, 2.75) is 12.8 Å². The Balaban J connectivity index is 1.47. The van der Waals surface area contributed by atoms with Gasteiger partial charge in [0, 0.05) is 15.8 Å². The number of benzene rings is 3. The van der Waals surface area contributed by atoms with Gasteiger partial charge < -0.3 is 10.4 Å². The number of carbonyl (C=O) groups excluding carboxylic acids is 1. The van der Waals surface area contributed by atoms with Crippen LogP contribution in [0.1, 0.15) is 20.8 Å². The van der Waals surface area contributed by atoms with Gasteiger partial charge in [0.1, 0.15) is 10.6 Å². The van der Waals surface area contributed by atoms with Gasteiger partial charge in [0.25, 0.3) is 5.91 Å². The number of halogens is 2. The Hall–Kier alpha value is -2.53. The van der Waals surface area contributed by atoms with Crippen LogP contribution in [0.25, 0.3) is 10.1 Å². The largest absolute Gasteiger partial charge is 0.506 e. The minimum absolute atomic E-state index is 0.0267. The summed E-state index contributed by atoms with van der Waals surface area (Å²) in [6, 6.07) is 20.8. The van der Waals surface area contributed by atoms with Crippen molar-refractivity contribution in [3.05, 3.63) is 92.8 Å². The molecule has 1 heterocycles. The molecule has 3 aromatic carbocycles. The summed E-state index contributed by atoms with van der Waals surface area (Å²) in [6.45, 7) is 0. The average Bonchev–Trinajstić information content (AvgIpc) is 3.06. The second kappa shape index (κ2) is 8.46. The molecule has 3 nitrogen and oxygen atoms in total. The topological polar surface area (TPSA) is 49.3 Å². The molecule has 4 aromatic rings. The highest BCUT2D eigenvalue weighted by atomic mass is 35.5. The molecule has 0 unspecified atom stereocenters. The van der Waals surface area contributed by atoms with E-state index in [-0.39, 0.29) is 11.7 Å². The summed E-state index contributed by atoms with van der Waals surface area (Å²) in [6.07, 6.45) is 1.61. The molecule has 4 rings (SSSR count). The van der Waals surface area contributed by atoms with Gasteiger partial charge in [-0.3, -0.25) is 4.79 Å². The second-order valence-corrected chi connectivity index (χ2v) is 8.55. The maximum atomic E-state index is 12.7. The zero-order valence-corrected chi connectivity index (χ0v) is 17.6. The van der Waals surface area contributed by atoms with Crippen LogP contribution in [0.5, 0.6) is 5.75 Å². The molecule has 0 saturated carbocycles. The first-order chi connectivity index (χ1) is 14.0. The van der Waals surface area contributed by atoms with E-state index in [1.165, 1.54) is 11.3 Å². The van der Waals surface area contributed by atoms with Gasteiger partial charge in [0.15, 0.2) is 0 Å². The lowest BCUT2D eigenvalue weighted by molar-refractivity contribution is 0.102. The summed E-state index contributed by atoms with van der Waals surface area (Å²) >= 11 is 13.3. The first-order valence-electron chi connectivity index (χ1n) is 9.06. The third-order valence-corrected chi connectivity index (χ3v) is 6.54. The Morgan fingerprint density at radius 1 is 0.897 bits per heavy atom. The summed E-state index contributed by atoms with van der Waals surface area (Å²) < 4.78 is 0.880. The van der Waals surface area contributed by atoms with Gasteiger partial charge >= 0.3 is 0 Å². The number of hydrogen-bond donors (Lipinski definition) is 2. The molecule has 0 bridgehead atoms. The molecule has 0 fully saturated rings. The van der Waals surface area contributed by atoms with Crippen LogP contribution in [0, 0.1) is 0 Å². The van der Waals surface area contributed by atoms with E-state index in [4.69, 9.17) is 23.2 Å². The predicted octanol–water partition coefficient (Wildman–Crippen LogP) is 6.95. The normalized spacial score (nSPS) is 11.0. The predicted molar refractivity (Wildman–Crippen MR) is 122 cm³/mol. The summed E-state index contributed by atoms with van der Waals surface area (Å²) in [5.41, 5.74) is 2.89. The third-order valence-electron chi connectivity index (χ3n) is 4.65. The van der Waals surface area contributed by atoms with E-state index >= 15 is 0 Å².